The molecule has 1 rings (SSSR count). The van der Waals surface area contributed by atoms with Crippen LogP contribution in [-0.2, 0) is 4.79 Å². The van der Waals surface area contributed by atoms with Gasteiger partial charge in [-0.2, -0.15) is 0 Å². The molecule has 14 heavy (non-hydrogen) atoms. The number of carbonyl (C=O) groups excluding carboxylic acids is 1. The molecule has 0 bridgehead atoms. The van der Waals surface area contributed by atoms with Crippen molar-refractivity contribution in [3.63, 3.8) is 0 Å². The highest BCUT2D eigenvalue weighted by Gasteiger charge is 2.13. The molecule has 0 atom stereocenters. The minimum Gasteiger partial charge on any atom is -0.302 e. The van der Waals surface area contributed by atoms with Crippen molar-refractivity contribution in [2.75, 3.05) is 20.1 Å². The van der Waals surface area contributed by atoms with Gasteiger partial charge < -0.3 is 4.90 Å². The molecule has 1 aliphatic heterocycles. The first-order chi connectivity index (χ1) is 6.24. The maximum atomic E-state index is 11.6. The summed E-state index contributed by atoms with van der Waals surface area (Å²) in [5.74, 6) is 0.370. The third-order valence-corrected chi connectivity index (χ3v) is 2.53. The number of halogens is 1. The van der Waals surface area contributed by atoms with E-state index in [1.165, 1.54) is 0 Å². The molecule has 1 heterocycles. The molecule has 0 fully saturated rings. The van der Waals surface area contributed by atoms with Crippen LogP contribution in [0.1, 0.15) is 32.6 Å². The summed E-state index contributed by atoms with van der Waals surface area (Å²) in [5, 5.41) is 0. The molecule has 0 aromatic rings. The molecular weight excluding hydrogens is 198 g/mol. The van der Waals surface area contributed by atoms with E-state index in [1.807, 2.05) is 0 Å². The Kier molecular flexibility index (Phi) is 6.85. The lowest BCUT2D eigenvalue weighted by Gasteiger charge is -2.21. The first kappa shape index (κ1) is 13.7. The molecule has 0 saturated heterocycles. The summed E-state index contributed by atoms with van der Waals surface area (Å²) in [5.41, 5.74) is 1.06. The smallest absolute Gasteiger partial charge is 0.158 e. The Morgan fingerprint density at radius 1 is 1.57 bits per heavy atom. The molecule has 0 aromatic heterocycles. The van der Waals surface area contributed by atoms with Gasteiger partial charge in [-0.1, -0.05) is 19.4 Å². The molecule has 0 aromatic carbocycles. The summed E-state index contributed by atoms with van der Waals surface area (Å²) in [6.45, 7) is 4.09. The lowest BCUT2D eigenvalue weighted by molar-refractivity contribution is -0.115. The van der Waals surface area contributed by atoms with Crippen molar-refractivity contribution >= 4 is 18.2 Å². The van der Waals surface area contributed by atoms with E-state index in [0.717, 1.165) is 44.3 Å². The average molecular weight is 218 g/mol. The zero-order valence-electron chi connectivity index (χ0n) is 9.08. The van der Waals surface area contributed by atoms with Crippen LogP contribution < -0.4 is 0 Å². The molecule has 3 heteroatoms. The number of likely N-dealkylation sites (N-methyl/N-ethyl adjacent to an activating group) is 1. The van der Waals surface area contributed by atoms with E-state index < -0.39 is 0 Å². The third-order valence-electron chi connectivity index (χ3n) is 2.53. The van der Waals surface area contributed by atoms with Crippen LogP contribution in [0, 0.1) is 0 Å². The molecule has 0 amide bonds. The highest BCUT2D eigenvalue weighted by Crippen LogP contribution is 2.13. The lowest BCUT2D eigenvalue weighted by Crippen LogP contribution is -2.26. The molecule has 1 aliphatic rings. The summed E-state index contributed by atoms with van der Waals surface area (Å²) >= 11 is 0. The molecule has 0 spiro atoms. The van der Waals surface area contributed by atoms with Crippen molar-refractivity contribution in [1.29, 1.82) is 0 Å². The zero-order chi connectivity index (χ0) is 9.68. The van der Waals surface area contributed by atoms with Gasteiger partial charge in [0.05, 0.1) is 0 Å². The van der Waals surface area contributed by atoms with Gasteiger partial charge in [-0.15, -0.1) is 12.4 Å². The highest BCUT2D eigenvalue weighted by atomic mass is 35.5. The van der Waals surface area contributed by atoms with Gasteiger partial charge >= 0.3 is 0 Å². The van der Waals surface area contributed by atoms with Gasteiger partial charge in [-0.3, -0.25) is 4.79 Å². The molecule has 0 N–H and O–H groups in total. The van der Waals surface area contributed by atoms with E-state index >= 15 is 0 Å². The predicted octanol–water partition coefficient (Wildman–Crippen LogP) is 2.43. The van der Waals surface area contributed by atoms with Gasteiger partial charge in [-0.05, 0) is 25.5 Å². The average Bonchev–Trinajstić information content (AvgIpc) is 2.15. The minimum absolute atomic E-state index is 0. The Bertz CT molecular complexity index is 213. The van der Waals surface area contributed by atoms with Gasteiger partial charge in [0.1, 0.15) is 0 Å². The number of hydrogen-bond donors (Lipinski definition) is 0. The summed E-state index contributed by atoms with van der Waals surface area (Å²) < 4.78 is 0. The SMILES string of the molecule is CCCCC(=O)C1=CCN(C)CC1.Cl. The van der Waals surface area contributed by atoms with E-state index in [4.69, 9.17) is 0 Å². The number of unbranched alkanes of at least 4 members (excludes halogenated alkanes) is 1. The van der Waals surface area contributed by atoms with Gasteiger partial charge in [0.25, 0.3) is 0 Å². The summed E-state index contributed by atoms with van der Waals surface area (Å²) in [6.07, 6.45) is 5.91. The number of carbonyl (C=O) groups is 1. The van der Waals surface area contributed by atoms with Gasteiger partial charge in [0.15, 0.2) is 5.78 Å². The molecular formula is C11H20ClNO. The van der Waals surface area contributed by atoms with Crippen LogP contribution in [0.4, 0.5) is 0 Å². The Morgan fingerprint density at radius 2 is 2.29 bits per heavy atom. The van der Waals surface area contributed by atoms with Crippen molar-refractivity contribution in [2.45, 2.75) is 32.6 Å². The Labute approximate surface area is 92.8 Å². The van der Waals surface area contributed by atoms with E-state index in [9.17, 15) is 4.79 Å². The monoisotopic (exact) mass is 217 g/mol. The molecule has 82 valence electrons. The fourth-order valence-electron chi connectivity index (χ4n) is 1.52. The summed E-state index contributed by atoms with van der Waals surface area (Å²) in [7, 11) is 2.09. The van der Waals surface area contributed by atoms with Gasteiger partial charge in [-0.25, -0.2) is 0 Å². The number of hydrogen-bond acceptors (Lipinski definition) is 2. The fourth-order valence-corrected chi connectivity index (χ4v) is 1.52. The van der Waals surface area contributed by atoms with Crippen LogP contribution in [-0.4, -0.2) is 30.8 Å². The molecule has 0 radical (unpaired) electrons. The molecule has 0 saturated carbocycles. The minimum atomic E-state index is 0. The largest absolute Gasteiger partial charge is 0.302 e. The Balaban J connectivity index is 0.00000169. The van der Waals surface area contributed by atoms with Gasteiger partial charge in [0, 0.05) is 19.5 Å². The second kappa shape index (κ2) is 7.02. The van der Waals surface area contributed by atoms with Crippen LogP contribution in [0.2, 0.25) is 0 Å². The lowest BCUT2D eigenvalue weighted by atomic mass is 10.0. The fraction of sp³-hybridized carbons (Fsp3) is 0.727. The van der Waals surface area contributed by atoms with Crippen LogP contribution >= 0.6 is 12.4 Å². The van der Waals surface area contributed by atoms with E-state index in [-0.39, 0.29) is 12.4 Å². The maximum Gasteiger partial charge on any atom is 0.158 e. The normalized spacial score (nSPS) is 17.1. The number of Topliss-reactive ketones (excluding diaryl/α,β-unsaturated/α-hetero) is 1. The topological polar surface area (TPSA) is 20.3 Å². The molecule has 0 aliphatic carbocycles. The Morgan fingerprint density at radius 3 is 2.79 bits per heavy atom. The van der Waals surface area contributed by atoms with E-state index in [1.54, 1.807) is 0 Å². The van der Waals surface area contributed by atoms with Crippen molar-refractivity contribution in [3.8, 4) is 0 Å². The summed E-state index contributed by atoms with van der Waals surface area (Å²) in [4.78, 5) is 13.8. The van der Waals surface area contributed by atoms with Crippen molar-refractivity contribution < 1.29 is 4.79 Å². The van der Waals surface area contributed by atoms with Crippen LogP contribution in [0.15, 0.2) is 11.6 Å². The third kappa shape index (κ3) is 4.25. The standard InChI is InChI=1S/C11H19NO.ClH/c1-3-4-5-11(13)10-6-8-12(2)9-7-10;/h6H,3-5,7-9H2,1-2H3;1H. The highest BCUT2D eigenvalue weighted by molar-refractivity contribution is 5.95. The van der Waals surface area contributed by atoms with Crippen LogP contribution in [0.25, 0.3) is 0 Å². The maximum absolute atomic E-state index is 11.6. The van der Waals surface area contributed by atoms with Crippen molar-refractivity contribution in [3.05, 3.63) is 11.6 Å². The molecule has 0 unspecified atom stereocenters. The van der Waals surface area contributed by atoms with Crippen LogP contribution in [0.3, 0.4) is 0 Å². The summed E-state index contributed by atoms with van der Waals surface area (Å²) in [6, 6.07) is 0. The van der Waals surface area contributed by atoms with Crippen molar-refractivity contribution in [2.24, 2.45) is 0 Å². The van der Waals surface area contributed by atoms with Crippen molar-refractivity contribution in [1.82, 2.24) is 4.90 Å². The predicted molar refractivity (Wildman–Crippen MR) is 62.0 cm³/mol. The number of rotatable bonds is 4. The Hall–Kier alpha value is -0.340. The second-order valence-electron chi connectivity index (χ2n) is 3.77. The van der Waals surface area contributed by atoms with E-state index in [2.05, 4.69) is 24.9 Å². The number of ketones is 1. The zero-order valence-corrected chi connectivity index (χ0v) is 9.90. The van der Waals surface area contributed by atoms with E-state index in [0.29, 0.717) is 5.78 Å². The first-order valence-electron chi connectivity index (χ1n) is 5.14. The van der Waals surface area contributed by atoms with Crippen LogP contribution in [0.5, 0.6) is 0 Å². The second-order valence-corrected chi connectivity index (χ2v) is 3.77. The quantitative estimate of drug-likeness (QED) is 0.721. The molecule has 2 nitrogen and oxygen atoms in total. The first-order valence-corrected chi connectivity index (χ1v) is 5.14. The van der Waals surface area contributed by atoms with Gasteiger partial charge in [0.2, 0.25) is 0 Å². The number of nitrogens with zero attached hydrogens (tertiary/aromatic N) is 1.